The smallest absolute Gasteiger partial charge is 0.409 e. The molecule has 0 aromatic carbocycles. The van der Waals surface area contributed by atoms with E-state index in [0.29, 0.717) is 12.4 Å². The van der Waals surface area contributed by atoms with E-state index in [1.165, 1.54) is 19.3 Å². The summed E-state index contributed by atoms with van der Waals surface area (Å²) in [5.41, 5.74) is 0. The van der Waals surface area contributed by atoms with Gasteiger partial charge in [-0.1, -0.05) is 32.6 Å². The summed E-state index contributed by atoms with van der Waals surface area (Å²) in [5, 5.41) is 0. The second kappa shape index (κ2) is 10.2. The lowest BCUT2D eigenvalue weighted by Crippen LogP contribution is -2.40. The van der Waals surface area contributed by atoms with E-state index in [-0.39, 0.29) is 6.09 Å². The first-order chi connectivity index (χ1) is 10.1. The molecule has 1 rings (SSSR count). The van der Waals surface area contributed by atoms with Gasteiger partial charge in [-0.25, -0.2) is 4.79 Å². The van der Waals surface area contributed by atoms with E-state index in [0.717, 1.165) is 19.4 Å². The van der Waals surface area contributed by atoms with Crippen LogP contribution in [-0.2, 0) is 0 Å². The number of hydrogen-bond donors (Lipinski definition) is 0. The molecule has 0 N–H and O–H groups in total. The number of ether oxygens (including phenoxy) is 1. The molecule has 0 aliphatic carbocycles. The van der Waals surface area contributed by atoms with E-state index in [1.54, 1.807) is 29.4 Å². The number of aromatic nitrogens is 1. The fraction of sp³-hybridized carbons (Fsp3) is 0.625. The van der Waals surface area contributed by atoms with E-state index in [1.807, 2.05) is 19.0 Å². The average Bonchev–Trinajstić information content (AvgIpc) is 2.46. The minimum absolute atomic E-state index is 0.313. The summed E-state index contributed by atoms with van der Waals surface area (Å²) in [6, 6.07) is 3.49. The fourth-order valence-electron chi connectivity index (χ4n) is 2.04. The number of nitrogens with zero attached hydrogens (tertiary/aromatic N) is 3. The molecule has 5 heteroatoms. The summed E-state index contributed by atoms with van der Waals surface area (Å²) in [6.07, 6.45) is 8.76. The molecule has 118 valence electrons. The van der Waals surface area contributed by atoms with Gasteiger partial charge in [0.25, 0.3) is 0 Å². The largest absolute Gasteiger partial charge is 0.416 e. The molecule has 0 unspecified atom stereocenters. The van der Waals surface area contributed by atoms with E-state index in [9.17, 15) is 4.79 Å². The average molecular weight is 293 g/mol. The van der Waals surface area contributed by atoms with Crippen molar-refractivity contribution in [2.75, 3.05) is 27.3 Å². The van der Waals surface area contributed by atoms with Crippen LogP contribution in [0.4, 0.5) is 4.79 Å². The van der Waals surface area contributed by atoms with Crippen LogP contribution in [0.25, 0.3) is 0 Å². The van der Waals surface area contributed by atoms with Crippen molar-refractivity contribution in [1.29, 1.82) is 0 Å². The van der Waals surface area contributed by atoms with Crippen molar-refractivity contribution < 1.29 is 9.53 Å². The SMILES string of the molecule is CCCCCCCN(CN(C)C)C(=O)Oc1cccnc1. The van der Waals surface area contributed by atoms with Gasteiger partial charge in [-0.05, 0) is 32.6 Å². The van der Waals surface area contributed by atoms with E-state index < -0.39 is 0 Å². The van der Waals surface area contributed by atoms with Crippen molar-refractivity contribution in [2.24, 2.45) is 0 Å². The first-order valence-electron chi connectivity index (χ1n) is 7.65. The third-order valence-corrected chi connectivity index (χ3v) is 3.08. The maximum Gasteiger partial charge on any atom is 0.416 e. The maximum atomic E-state index is 12.2. The summed E-state index contributed by atoms with van der Waals surface area (Å²) in [4.78, 5) is 19.9. The number of carbonyl (C=O) groups is 1. The standard InChI is InChI=1S/C16H27N3O2/c1-4-5-6-7-8-12-19(14-18(2)3)16(20)21-15-10-9-11-17-13-15/h9-11,13H,4-8,12,14H2,1-3H3. The number of amides is 1. The molecular formula is C16H27N3O2. The predicted octanol–water partition coefficient (Wildman–Crippen LogP) is 3.37. The molecule has 5 nitrogen and oxygen atoms in total. The fourth-order valence-corrected chi connectivity index (χ4v) is 2.04. The number of unbranched alkanes of at least 4 members (excludes halogenated alkanes) is 4. The van der Waals surface area contributed by atoms with Crippen molar-refractivity contribution in [3.05, 3.63) is 24.5 Å². The van der Waals surface area contributed by atoms with Gasteiger partial charge in [0.1, 0.15) is 0 Å². The predicted molar refractivity (Wildman–Crippen MR) is 84.3 cm³/mol. The van der Waals surface area contributed by atoms with Gasteiger partial charge in [0.05, 0.1) is 12.9 Å². The number of rotatable bonds is 9. The van der Waals surface area contributed by atoms with Crippen LogP contribution in [0.2, 0.25) is 0 Å². The van der Waals surface area contributed by atoms with Crippen molar-refractivity contribution in [2.45, 2.75) is 39.0 Å². The quantitative estimate of drug-likeness (QED) is 0.517. The Bertz CT molecular complexity index is 396. The third kappa shape index (κ3) is 7.66. The van der Waals surface area contributed by atoms with E-state index in [4.69, 9.17) is 4.74 Å². The molecule has 1 amide bonds. The highest BCUT2D eigenvalue weighted by Gasteiger charge is 2.16. The van der Waals surface area contributed by atoms with Gasteiger partial charge in [0.2, 0.25) is 0 Å². The zero-order valence-electron chi connectivity index (χ0n) is 13.4. The van der Waals surface area contributed by atoms with Crippen molar-refractivity contribution in [3.8, 4) is 5.75 Å². The van der Waals surface area contributed by atoms with Crippen molar-refractivity contribution in [1.82, 2.24) is 14.8 Å². The molecule has 1 aromatic rings. The monoisotopic (exact) mass is 293 g/mol. The maximum absolute atomic E-state index is 12.2. The highest BCUT2D eigenvalue weighted by molar-refractivity contribution is 5.70. The highest BCUT2D eigenvalue weighted by Crippen LogP contribution is 2.10. The minimum Gasteiger partial charge on any atom is -0.409 e. The van der Waals surface area contributed by atoms with Crippen molar-refractivity contribution >= 4 is 6.09 Å². The molecule has 1 heterocycles. The number of pyridine rings is 1. The Morgan fingerprint density at radius 1 is 1.24 bits per heavy atom. The van der Waals surface area contributed by atoms with Gasteiger partial charge in [0, 0.05) is 12.7 Å². The second-order valence-electron chi connectivity index (χ2n) is 5.46. The van der Waals surface area contributed by atoms with Crippen LogP contribution in [-0.4, -0.2) is 48.2 Å². The molecule has 0 aliphatic rings. The normalized spacial score (nSPS) is 10.7. The molecule has 21 heavy (non-hydrogen) atoms. The molecule has 0 aliphatic heterocycles. The van der Waals surface area contributed by atoms with Crippen LogP contribution in [0, 0.1) is 0 Å². The van der Waals surface area contributed by atoms with Crippen molar-refractivity contribution in [3.63, 3.8) is 0 Å². The molecule has 0 spiro atoms. The van der Waals surface area contributed by atoms with Crippen LogP contribution in [0.15, 0.2) is 24.5 Å². The Hall–Kier alpha value is -1.62. The Kier molecular flexibility index (Phi) is 8.43. The zero-order chi connectivity index (χ0) is 15.5. The first-order valence-corrected chi connectivity index (χ1v) is 7.65. The van der Waals surface area contributed by atoms with Gasteiger partial charge in [-0.2, -0.15) is 0 Å². The summed E-state index contributed by atoms with van der Waals surface area (Å²) in [7, 11) is 3.89. The van der Waals surface area contributed by atoms with Crippen LogP contribution in [0.5, 0.6) is 5.75 Å². The topological polar surface area (TPSA) is 45.7 Å². The van der Waals surface area contributed by atoms with E-state index >= 15 is 0 Å². The molecule has 0 atom stereocenters. The molecular weight excluding hydrogens is 266 g/mol. The molecule has 1 aromatic heterocycles. The minimum atomic E-state index is -0.313. The van der Waals surface area contributed by atoms with Gasteiger partial charge in [-0.3, -0.25) is 14.8 Å². The molecule has 0 saturated heterocycles. The molecule has 0 saturated carbocycles. The second-order valence-corrected chi connectivity index (χ2v) is 5.46. The molecule has 0 radical (unpaired) electrons. The summed E-state index contributed by atoms with van der Waals surface area (Å²) < 4.78 is 5.35. The lowest BCUT2D eigenvalue weighted by Gasteiger charge is -2.25. The zero-order valence-corrected chi connectivity index (χ0v) is 13.4. The third-order valence-electron chi connectivity index (χ3n) is 3.08. The molecule has 0 fully saturated rings. The summed E-state index contributed by atoms with van der Waals surface area (Å²) >= 11 is 0. The Morgan fingerprint density at radius 3 is 2.62 bits per heavy atom. The van der Waals surface area contributed by atoms with Gasteiger partial charge >= 0.3 is 6.09 Å². The van der Waals surface area contributed by atoms with Gasteiger partial charge in [0.15, 0.2) is 5.75 Å². The number of hydrogen-bond acceptors (Lipinski definition) is 4. The highest BCUT2D eigenvalue weighted by atomic mass is 16.6. The first kappa shape index (κ1) is 17.4. The number of carbonyl (C=O) groups excluding carboxylic acids is 1. The van der Waals surface area contributed by atoms with Crippen LogP contribution in [0.1, 0.15) is 39.0 Å². The molecule has 0 bridgehead atoms. The summed E-state index contributed by atoms with van der Waals surface area (Å²) in [5.74, 6) is 0.484. The Morgan fingerprint density at radius 2 is 2.00 bits per heavy atom. The van der Waals surface area contributed by atoms with Gasteiger partial charge < -0.3 is 4.74 Å². The summed E-state index contributed by atoms with van der Waals surface area (Å²) in [6.45, 7) is 3.48. The van der Waals surface area contributed by atoms with Gasteiger partial charge in [-0.15, -0.1) is 0 Å². The lowest BCUT2D eigenvalue weighted by atomic mass is 10.1. The van der Waals surface area contributed by atoms with Crippen LogP contribution in [0.3, 0.4) is 0 Å². The van der Waals surface area contributed by atoms with E-state index in [2.05, 4.69) is 11.9 Å². The Balaban J connectivity index is 2.45. The Labute approximate surface area is 127 Å². The van der Waals surface area contributed by atoms with Crippen LogP contribution >= 0.6 is 0 Å². The lowest BCUT2D eigenvalue weighted by molar-refractivity contribution is 0.125. The van der Waals surface area contributed by atoms with Crippen LogP contribution < -0.4 is 4.74 Å².